The molecule has 31 heavy (non-hydrogen) atoms. The van der Waals surface area contributed by atoms with Crippen LogP contribution in [0.25, 0.3) is 0 Å². The van der Waals surface area contributed by atoms with E-state index >= 15 is 0 Å². The summed E-state index contributed by atoms with van der Waals surface area (Å²) in [5, 5.41) is 1.62. The molecule has 162 valence electrons. The highest BCUT2D eigenvalue weighted by Crippen LogP contribution is 2.41. The summed E-state index contributed by atoms with van der Waals surface area (Å²) in [6, 6.07) is 4.44. The van der Waals surface area contributed by atoms with Gasteiger partial charge in [-0.25, -0.2) is 4.39 Å². The molecule has 6 nitrogen and oxygen atoms in total. The summed E-state index contributed by atoms with van der Waals surface area (Å²) in [4.78, 5) is 27.9. The van der Waals surface area contributed by atoms with Crippen molar-refractivity contribution in [1.82, 2.24) is 5.32 Å². The van der Waals surface area contributed by atoms with E-state index in [0.29, 0.717) is 6.07 Å². The molecule has 0 bridgehead atoms. The molecule has 0 spiro atoms. The molecule has 1 heterocycles. The third-order valence-electron chi connectivity index (χ3n) is 4.02. The lowest BCUT2D eigenvalue weighted by Crippen LogP contribution is -2.27. The second-order valence-electron chi connectivity index (χ2n) is 6.21. The monoisotopic (exact) mass is 456 g/mol. The van der Waals surface area contributed by atoms with Crippen LogP contribution in [-0.2, 0) is 11.0 Å². The summed E-state index contributed by atoms with van der Waals surface area (Å²) in [6.07, 6.45) is -2.48. The lowest BCUT2D eigenvalue weighted by Gasteiger charge is -2.17. The molecule has 0 fully saturated rings. The number of ketones is 1. The molecular weight excluding hydrogens is 444 g/mol. The van der Waals surface area contributed by atoms with Crippen LogP contribution in [0.1, 0.15) is 15.9 Å². The predicted octanol–water partition coefficient (Wildman–Crippen LogP) is 4.57. The van der Waals surface area contributed by atoms with Gasteiger partial charge in [-0.05, 0) is 24.3 Å². The van der Waals surface area contributed by atoms with E-state index in [2.05, 4.69) is 10.3 Å². The van der Waals surface area contributed by atoms with Crippen molar-refractivity contribution in [2.75, 3.05) is 13.7 Å². The minimum absolute atomic E-state index is 0.0441. The molecule has 0 saturated heterocycles. The number of benzene rings is 2. The van der Waals surface area contributed by atoms with Crippen LogP contribution in [0.5, 0.6) is 17.2 Å². The number of nitrogens with zero attached hydrogens (tertiary/aromatic N) is 1. The van der Waals surface area contributed by atoms with Crippen molar-refractivity contribution in [1.29, 1.82) is 0 Å². The van der Waals surface area contributed by atoms with E-state index in [0.717, 1.165) is 30.3 Å². The number of ether oxygens (including phenoxy) is 2. The Labute approximate surface area is 178 Å². The van der Waals surface area contributed by atoms with Gasteiger partial charge < -0.3 is 14.8 Å². The molecule has 0 atom stereocenters. The minimum atomic E-state index is -4.83. The highest BCUT2D eigenvalue weighted by molar-refractivity contribution is 6.32. The van der Waals surface area contributed by atoms with Crippen LogP contribution in [0.3, 0.4) is 0 Å². The smallest absolute Gasteiger partial charge is 0.417 e. The fraction of sp³-hybridized carbons (Fsp3) is 0.150. The zero-order chi connectivity index (χ0) is 22.8. The Kier molecular flexibility index (Phi) is 6.30. The summed E-state index contributed by atoms with van der Waals surface area (Å²) in [7, 11) is 1.21. The Morgan fingerprint density at radius 3 is 2.55 bits per heavy atom. The van der Waals surface area contributed by atoms with Gasteiger partial charge in [-0.1, -0.05) is 11.6 Å². The van der Waals surface area contributed by atoms with E-state index in [1.165, 1.54) is 13.3 Å². The molecule has 2 aromatic rings. The van der Waals surface area contributed by atoms with Crippen molar-refractivity contribution >= 4 is 29.5 Å². The van der Waals surface area contributed by atoms with Crippen molar-refractivity contribution < 1.29 is 36.6 Å². The number of alkyl halides is 3. The zero-order valence-corrected chi connectivity index (χ0v) is 16.5. The highest BCUT2D eigenvalue weighted by atomic mass is 35.5. The summed E-state index contributed by atoms with van der Waals surface area (Å²) >= 11 is 5.75. The first kappa shape index (κ1) is 22.3. The molecule has 1 aliphatic heterocycles. The molecule has 0 aromatic heterocycles. The van der Waals surface area contributed by atoms with Gasteiger partial charge in [0.15, 0.2) is 17.3 Å². The number of nitrogens with one attached hydrogen (secondary N) is 1. The number of methoxy groups -OCH3 is 1. The Morgan fingerprint density at radius 2 is 1.90 bits per heavy atom. The van der Waals surface area contributed by atoms with Crippen LogP contribution >= 0.6 is 11.6 Å². The van der Waals surface area contributed by atoms with Gasteiger partial charge in [-0.3, -0.25) is 14.6 Å². The van der Waals surface area contributed by atoms with Gasteiger partial charge in [0, 0.05) is 18.4 Å². The topological polar surface area (TPSA) is 77.0 Å². The molecule has 0 radical (unpaired) electrons. The van der Waals surface area contributed by atoms with Gasteiger partial charge in [-0.2, -0.15) is 13.2 Å². The second-order valence-corrected chi connectivity index (χ2v) is 6.62. The average molecular weight is 457 g/mol. The fourth-order valence-corrected chi connectivity index (χ4v) is 2.90. The Hall–Kier alpha value is -3.40. The van der Waals surface area contributed by atoms with E-state index in [-0.39, 0.29) is 35.1 Å². The van der Waals surface area contributed by atoms with Gasteiger partial charge in [0.05, 0.1) is 29.0 Å². The molecular formula is C20H13ClF4N2O4. The van der Waals surface area contributed by atoms with Crippen molar-refractivity contribution in [3.63, 3.8) is 0 Å². The molecule has 1 aliphatic rings. The predicted molar refractivity (Wildman–Crippen MR) is 103 cm³/mol. The van der Waals surface area contributed by atoms with Crippen LogP contribution in [0.15, 0.2) is 47.1 Å². The second kappa shape index (κ2) is 8.76. The quantitative estimate of drug-likeness (QED) is 0.669. The lowest BCUT2D eigenvalue weighted by atomic mass is 10.1. The number of hydrogen-bond donors (Lipinski definition) is 1. The molecule has 1 N–H and O–H groups in total. The van der Waals surface area contributed by atoms with Crippen molar-refractivity contribution in [3.05, 3.63) is 64.1 Å². The number of carbonyl (C=O) groups excluding carboxylic acids is 2. The molecule has 3 rings (SSSR count). The number of allylic oxidation sites excluding steroid dienone is 1. The third-order valence-corrected chi connectivity index (χ3v) is 4.33. The normalized spacial score (nSPS) is 13.6. The number of dihydropyridines is 1. The van der Waals surface area contributed by atoms with Crippen molar-refractivity contribution in [2.24, 2.45) is 4.99 Å². The summed E-state index contributed by atoms with van der Waals surface area (Å²) in [5.41, 5.74) is -1.56. The zero-order valence-electron chi connectivity index (χ0n) is 15.7. The van der Waals surface area contributed by atoms with E-state index < -0.39 is 34.2 Å². The van der Waals surface area contributed by atoms with Gasteiger partial charge in [0.25, 0.3) is 5.91 Å². The first-order chi connectivity index (χ1) is 14.6. The maximum atomic E-state index is 13.4. The van der Waals surface area contributed by atoms with Crippen LogP contribution in [-0.4, -0.2) is 31.6 Å². The number of rotatable bonds is 5. The van der Waals surface area contributed by atoms with E-state index in [9.17, 15) is 27.2 Å². The van der Waals surface area contributed by atoms with Crippen LogP contribution in [0.2, 0.25) is 5.02 Å². The number of amides is 1. The highest BCUT2D eigenvalue weighted by Gasteiger charge is 2.35. The Bertz CT molecular complexity index is 1110. The molecule has 0 unspecified atom stereocenters. The first-order valence-electron chi connectivity index (χ1n) is 8.56. The summed E-state index contributed by atoms with van der Waals surface area (Å²) in [5.74, 6) is -2.69. The number of aliphatic imine (C=N–C) groups is 1. The Balaban J connectivity index is 2.06. The molecule has 0 aliphatic carbocycles. The van der Waals surface area contributed by atoms with Gasteiger partial charge in [0.2, 0.25) is 0 Å². The summed E-state index contributed by atoms with van der Waals surface area (Å²) < 4.78 is 63.9. The van der Waals surface area contributed by atoms with Crippen LogP contribution < -0.4 is 14.8 Å². The van der Waals surface area contributed by atoms with Gasteiger partial charge >= 0.3 is 6.18 Å². The van der Waals surface area contributed by atoms with Gasteiger partial charge in [-0.15, -0.1) is 0 Å². The van der Waals surface area contributed by atoms with E-state index in [1.54, 1.807) is 0 Å². The maximum Gasteiger partial charge on any atom is 0.417 e. The fourth-order valence-electron chi connectivity index (χ4n) is 2.63. The van der Waals surface area contributed by atoms with E-state index in [4.69, 9.17) is 21.1 Å². The molecule has 2 aromatic carbocycles. The number of hydrogen-bond acceptors (Lipinski definition) is 5. The minimum Gasteiger partial charge on any atom is -0.493 e. The van der Waals surface area contributed by atoms with Crippen LogP contribution in [0.4, 0.5) is 17.6 Å². The molecule has 1 amide bonds. The SMILES string of the molecule is COc1cc(F)ccc1Oc1cc(C(F)(F)F)c(Cl)cc1C(=O)NC1=CC(=O)CN=C1. The van der Waals surface area contributed by atoms with Crippen molar-refractivity contribution in [2.45, 2.75) is 6.18 Å². The number of halogens is 5. The summed E-state index contributed by atoms with van der Waals surface area (Å²) in [6.45, 7) is -0.0792. The van der Waals surface area contributed by atoms with E-state index in [1.807, 2.05) is 0 Å². The Morgan fingerprint density at radius 1 is 1.16 bits per heavy atom. The van der Waals surface area contributed by atoms with Crippen LogP contribution in [0, 0.1) is 5.82 Å². The molecule has 0 saturated carbocycles. The maximum absolute atomic E-state index is 13.4. The lowest BCUT2D eigenvalue weighted by molar-refractivity contribution is -0.137. The third kappa shape index (κ3) is 5.21. The van der Waals surface area contributed by atoms with Crippen molar-refractivity contribution in [3.8, 4) is 17.2 Å². The number of carbonyl (C=O) groups is 2. The molecule has 11 heteroatoms. The average Bonchev–Trinajstić information content (AvgIpc) is 2.69. The standard InChI is InChI=1S/C20H13ClF4N2O4/c1-30-18-4-10(22)2-3-16(18)31-17-7-14(20(23,24)25)15(21)6-13(17)19(29)27-11-5-12(28)9-26-8-11/h2-8H,9H2,1H3,(H,27,29). The first-order valence-corrected chi connectivity index (χ1v) is 8.94. The van der Waals surface area contributed by atoms with Gasteiger partial charge in [0.1, 0.15) is 18.1 Å². The largest absolute Gasteiger partial charge is 0.493 e.